The lowest BCUT2D eigenvalue weighted by atomic mass is 9.69. The molecule has 1 N–H and O–H groups in total. The zero-order chi connectivity index (χ0) is 39.7. The van der Waals surface area contributed by atoms with E-state index >= 15 is 0 Å². The molecule has 0 saturated heterocycles. The van der Waals surface area contributed by atoms with Gasteiger partial charge in [-0.3, -0.25) is 0 Å². The van der Waals surface area contributed by atoms with E-state index in [0.717, 1.165) is 30.2 Å². The van der Waals surface area contributed by atoms with Crippen molar-refractivity contribution in [3.05, 3.63) is 118 Å². The molecule has 0 atom stereocenters. The fourth-order valence-electron chi connectivity index (χ4n) is 9.02. The van der Waals surface area contributed by atoms with Gasteiger partial charge in [0.15, 0.2) is 31.7 Å². The molecule has 2 aromatic carbocycles. The predicted octanol–water partition coefficient (Wildman–Crippen LogP) is 9.84. The maximum Gasteiger partial charge on any atom is 0.169 e. The number of hydrogen-bond donors (Lipinski definition) is 1. The average molecular weight is 787 g/mol. The van der Waals surface area contributed by atoms with Crippen molar-refractivity contribution in [2.45, 2.75) is 109 Å². The second-order valence-corrected chi connectivity index (χ2v) is 21.8. The van der Waals surface area contributed by atoms with Gasteiger partial charge in [0, 0.05) is 55.8 Å². The minimum atomic E-state index is 0.197. The van der Waals surface area contributed by atoms with E-state index in [1.54, 1.807) is 0 Å². The summed E-state index contributed by atoms with van der Waals surface area (Å²) in [4.78, 5) is 8.76. The molecule has 7 rings (SSSR count). The molecule has 0 unspecified atom stereocenters. The molecule has 4 nitrogen and oxygen atoms in total. The molecule has 0 spiro atoms. The molecule has 4 aliphatic heterocycles. The van der Waals surface area contributed by atoms with Gasteiger partial charge in [-0.25, -0.2) is 9.56 Å². The molecule has 56 heavy (non-hydrogen) atoms. The lowest BCUT2D eigenvalue weighted by molar-refractivity contribution is -0.692. The van der Waals surface area contributed by atoms with Crippen molar-refractivity contribution in [1.29, 1.82) is 0 Å². The van der Waals surface area contributed by atoms with Crippen LogP contribution in [0.15, 0.2) is 79.2 Å². The standard InChI is InChI=1S/C50H65N4S2/c1-10-37(11-13-39-33-41-45-42(34-39)48(4,5)19-27-53(45)26-18-47(41,2)3)15-22-51-23-31-55-56-32-30-52-24-16-38(17-25-52)12-14-40-35-43-46-44(36-40)50(8,9)21-29-54(46)28-20-49(43,6)7/h10-17,22,24-25,33-36H,1,18-21,23,26-32H2,2-9H3/q+1/p+1/b13-11+,37-15+,51-22?. The first-order valence-corrected chi connectivity index (χ1v) is 23.5. The van der Waals surface area contributed by atoms with Crippen LogP contribution in [0.25, 0.3) is 18.2 Å². The minimum Gasteiger partial charge on any atom is -0.371 e. The lowest BCUT2D eigenvalue weighted by Crippen LogP contribution is -2.69. The summed E-state index contributed by atoms with van der Waals surface area (Å²) in [5.74, 6) is 2.14. The third-order valence-corrected chi connectivity index (χ3v) is 15.6. The minimum absolute atomic E-state index is 0.197. The van der Waals surface area contributed by atoms with Gasteiger partial charge in [-0.05, 0) is 116 Å². The van der Waals surface area contributed by atoms with E-state index in [1.807, 2.05) is 27.7 Å². The molecule has 0 radical (unpaired) electrons. The number of rotatable bonds is 13. The van der Waals surface area contributed by atoms with E-state index in [0.29, 0.717) is 0 Å². The average Bonchev–Trinajstić information content (AvgIpc) is 3.16. The summed E-state index contributed by atoms with van der Waals surface area (Å²) < 4.78 is 2.30. The number of allylic oxidation sites excluding steroid dienone is 4. The summed E-state index contributed by atoms with van der Waals surface area (Å²) in [6.45, 7) is 30.1. The van der Waals surface area contributed by atoms with Crippen LogP contribution in [0.3, 0.4) is 0 Å². The van der Waals surface area contributed by atoms with Crippen molar-refractivity contribution in [2.24, 2.45) is 0 Å². The zero-order valence-electron chi connectivity index (χ0n) is 35.5. The second kappa shape index (κ2) is 16.4. The molecule has 4 aliphatic rings. The number of nitrogens with one attached hydrogen (secondary N) is 1. The Hall–Kier alpha value is -3.48. The number of aromatic nitrogens is 1. The van der Waals surface area contributed by atoms with Crippen molar-refractivity contribution in [2.75, 3.05) is 54.0 Å². The smallest absolute Gasteiger partial charge is 0.169 e. The Labute approximate surface area is 346 Å². The van der Waals surface area contributed by atoms with Gasteiger partial charge >= 0.3 is 0 Å². The van der Waals surface area contributed by atoms with Gasteiger partial charge < -0.3 is 9.80 Å². The van der Waals surface area contributed by atoms with E-state index in [2.05, 4.69) is 167 Å². The number of benzene rings is 2. The first kappa shape index (κ1) is 40.7. The molecule has 0 amide bonds. The largest absolute Gasteiger partial charge is 0.371 e. The van der Waals surface area contributed by atoms with E-state index in [4.69, 9.17) is 0 Å². The molecule has 1 aromatic heterocycles. The number of pyridine rings is 1. The fourth-order valence-corrected chi connectivity index (χ4v) is 10.9. The highest BCUT2D eigenvalue weighted by atomic mass is 33.1. The van der Waals surface area contributed by atoms with Crippen LogP contribution >= 0.6 is 21.6 Å². The van der Waals surface area contributed by atoms with Crippen LogP contribution in [0.4, 0.5) is 11.4 Å². The highest BCUT2D eigenvalue weighted by molar-refractivity contribution is 8.76. The van der Waals surface area contributed by atoms with Crippen LogP contribution in [-0.2, 0) is 28.2 Å². The third kappa shape index (κ3) is 8.82. The molecule has 0 fully saturated rings. The molecule has 0 aliphatic carbocycles. The monoisotopic (exact) mass is 786 g/mol. The van der Waals surface area contributed by atoms with E-state index in [9.17, 15) is 0 Å². The van der Waals surface area contributed by atoms with Crippen LogP contribution in [0.5, 0.6) is 0 Å². The lowest BCUT2D eigenvalue weighted by Gasteiger charge is -2.48. The van der Waals surface area contributed by atoms with Crippen molar-refractivity contribution < 1.29 is 9.56 Å². The predicted molar refractivity (Wildman–Crippen MR) is 248 cm³/mol. The molecule has 3 aromatic rings. The van der Waals surface area contributed by atoms with Crippen LogP contribution < -0.4 is 19.4 Å². The number of nitrogens with zero attached hydrogens (tertiary/aromatic N) is 3. The topological polar surface area (TPSA) is 24.3 Å². The Kier molecular flexibility index (Phi) is 11.9. The number of aryl methyl sites for hydroxylation is 1. The SMILES string of the molecule is C=CC(/C=C/c1cc2c3c(c1)C(C)(C)CCN3CCC2(C)C)=C\C=[NH+]CCSSCC[n+]1ccc(/C=C/c2cc3c4c(c2)C(C)(C)CCN4CCC3(C)C)cc1. The Morgan fingerprint density at radius 3 is 1.59 bits per heavy atom. The summed E-state index contributed by atoms with van der Waals surface area (Å²) in [5.41, 5.74) is 14.9. The van der Waals surface area contributed by atoms with Gasteiger partial charge in [0.1, 0.15) is 0 Å². The van der Waals surface area contributed by atoms with Crippen LogP contribution in [0.1, 0.15) is 120 Å². The van der Waals surface area contributed by atoms with Crippen molar-refractivity contribution >= 4 is 57.4 Å². The summed E-state index contributed by atoms with van der Waals surface area (Å²) in [5, 5.41) is 0. The van der Waals surface area contributed by atoms with E-state index in [-0.39, 0.29) is 21.7 Å². The molecule has 0 bridgehead atoms. The van der Waals surface area contributed by atoms with Gasteiger partial charge in [0.25, 0.3) is 0 Å². The van der Waals surface area contributed by atoms with Gasteiger partial charge in [0.05, 0.1) is 11.5 Å². The van der Waals surface area contributed by atoms with Crippen molar-refractivity contribution in [3.63, 3.8) is 0 Å². The second-order valence-electron chi connectivity index (χ2n) is 19.1. The zero-order valence-corrected chi connectivity index (χ0v) is 37.1. The highest BCUT2D eigenvalue weighted by Gasteiger charge is 2.41. The number of anilines is 2. The van der Waals surface area contributed by atoms with Crippen LogP contribution in [0, 0.1) is 0 Å². The number of hydrogen-bond acceptors (Lipinski definition) is 4. The molecular formula is C50H66N4S2+2. The first-order valence-electron chi connectivity index (χ1n) is 21.0. The highest BCUT2D eigenvalue weighted by Crippen LogP contribution is 2.51. The maximum absolute atomic E-state index is 4.09. The first-order chi connectivity index (χ1) is 26.7. The summed E-state index contributed by atoms with van der Waals surface area (Å²) in [6, 6.07) is 14.3. The van der Waals surface area contributed by atoms with Crippen molar-refractivity contribution in [1.82, 2.24) is 0 Å². The van der Waals surface area contributed by atoms with Crippen LogP contribution in [0.2, 0.25) is 0 Å². The van der Waals surface area contributed by atoms with Gasteiger partial charge in [0.2, 0.25) is 0 Å². The third-order valence-electron chi connectivity index (χ3n) is 13.2. The quantitative estimate of drug-likeness (QED) is 0.0614. The van der Waals surface area contributed by atoms with E-state index < -0.39 is 0 Å². The molecule has 296 valence electrons. The summed E-state index contributed by atoms with van der Waals surface area (Å²) >= 11 is 0. The molecule has 6 heteroatoms. The van der Waals surface area contributed by atoms with Crippen LogP contribution in [-0.4, -0.2) is 50.4 Å². The van der Waals surface area contributed by atoms with E-state index in [1.165, 1.54) is 102 Å². The van der Waals surface area contributed by atoms with Gasteiger partial charge in [-0.1, -0.05) is 114 Å². The normalized spacial score (nSPS) is 20.5. The Morgan fingerprint density at radius 2 is 1.11 bits per heavy atom. The Bertz CT molecular complexity index is 1960. The Balaban J connectivity index is 0.864. The maximum atomic E-state index is 4.09. The Morgan fingerprint density at radius 1 is 0.661 bits per heavy atom. The molecular weight excluding hydrogens is 721 g/mol. The molecule has 5 heterocycles. The van der Waals surface area contributed by atoms with Crippen molar-refractivity contribution in [3.8, 4) is 0 Å². The van der Waals surface area contributed by atoms with Gasteiger partial charge in [-0.2, -0.15) is 0 Å². The summed E-state index contributed by atoms with van der Waals surface area (Å²) in [6.07, 6.45) is 24.5. The fraction of sp³-hybridized carbons (Fsp3) is 0.480. The summed E-state index contributed by atoms with van der Waals surface area (Å²) in [7, 11) is 3.89. The molecule has 0 saturated carbocycles. The van der Waals surface area contributed by atoms with Gasteiger partial charge in [-0.15, -0.1) is 0 Å².